The van der Waals surface area contributed by atoms with E-state index in [9.17, 15) is 9.90 Å². The second-order valence-corrected chi connectivity index (χ2v) is 6.93. The van der Waals surface area contributed by atoms with Crippen LogP contribution in [0, 0.1) is 0 Å². The van der Waals surface area contributed by atoms with Gasteiger partial charge in [0.15, 0.2) is 0 Å². The maximum atomic E-state index is 11.6. The first kappa shape index (κ1) is 18.7. The molecule has 1 aliphatic heterocycles. The summed E-state index contributed by atoms with van der Waals surface area (Å²) >= 11 is 1.67. The fourth-order valence-electron chi connectivity index (χ4n) is 2.86. The van der Waals surface area contributed by atoms with Gasteiger partial charge in [-0.05, 0) is 30.5 Å². The molecule has 1 atom stereocenters. The molecular formula is C19H22N2O4S. The molecule has 7 heteroatoms. The number of hydrogen-bond donors (Lipinski definition) is 1. The van der Waals surface area contributed by atoms with E-state index in [0.29, 0.717) is 32.2 Å². The van der Waals surface area contributed by atoms with Crippen LogP contribution in [0.25, 0.3) is 11.3 Å². The van der Waals surface area contributed by atoms with Gasteiger partial charge in [-0.3, -0.25) is 0 Å². The number of aromatic carboxylic acids is 1. The van der Waals surface area contributed by atoms with Crippen LogP contribution in [-0.2, 0) is 9.47 Å². The summed E-state index contributed by atoms with van der Waals surface area (Å²) < 4.78 is 11.1. The van der Waals surface area contributed by atoms with Crippen LogP contribution in [0.4, 0.5) is 5.82 Å². The van der Waals surface area contributed by atoms with E-state index in [1.165, 1.54) is 4.90 Å². The van der Waals surface area contributed by atoms with Crippen molar-refractivity contribution in [1.29, 1.82) is 0 Å². The van der Waals surface area contributed by atoms with Gasteiger partial charge in [0.2, 0.25) is 0 Å². The van der Waals surface area contributed by atoms with E-state index >= 15 is 0 Å². The molecule has 1 fully saturated rings. The average Bonchev–Trinajstić information content (AvgIpc) is 2.68. The van der Waals surface area contributed by atoms with Crippen LogP contribution in [0.2, 0.25) is 0 Å². The van der Waals surface area contributed by atoms with Crippen molar-refractivity contribution in [2.24, 2.45) is 0 Å². The summed E-state index contributed by atoms with van der Waals surface area (Å²) in [5.41, 5.74) is 1.87. The summed E-state index contributed by atoms with van der Waals surface area (Å²) in [6, 6.07) is 11.4. The number of anilines is 1. The van der Waals surface area contributed by atoms with Crippen molar-refractivity contribution in [2.75, 3.05) is 44.6 Å². The number of carboxylic acids is 1. The SMILES string of the molecule is CSc1ccc(-c2ccc(C(=O)O)c(N(C)C[C@H]3COCCO3)n2)cc1. The third kappa shape index (κ3) is 4.35. The molecule has 1 aliphatic rings. The number of benzene rings is 1. The van der Waals surface area contributed by atoms with Gasteiger partial charge in [-0.25, -0.2) is 9.78 Å². The first-order valence-electron chi connectivity index (χ1n) is 8.37. The molecule has 0 saturated carbocycles. The summed E-state index contributed by atoms with van der Waals surface area (Å²) in [7, 11) is 1.83. The monoisotopic (exact) mass is 374 g/mol. The molecule has 2 heterocycles. The molecule has 0 radical (unpaired) electrons. The molecule has 0 spiro atoms. The molecule has 0 aliphatic carbocycles. The third-order valence-corrected chi connectivity index (χ3v) is 4.96. The number of nitrogens with zero attached hydrogens (tertiary/aromatic N) is 2. The first-order chi connectivity index (χ1) is 12.6. The largest absolute Gasteiger partial charge is 0.478 e. The van der Waals surface area contributed by atoms with E-state index in [0.717, 1.165) is 11.3 Å². The summed E-state index contributed by atoms with van der Waals surface area (Å²) in [4.78, 5) is 19.2. The minimum absolute atomic E-state index is 0.0956. The molecule has 2 aromatic rings. The zero-order valence-electron chi connectivity index (χ0n) is 14.8. The maximum absolute atomic E-state index is 11.6. The number of carbonyl (C=O) groups is 1. The molecule has 1 aromatic carbocycles. The topological polar surface area (TPSA) is 71.9 Å². The number of pyridine rings is 1. The van der Waals surface area contributed by atoms with Crippen LogP contribution in [0.15, 0.2) is 41.3 Å². The minimum Gasteiger partial charge on any atom is -0.478 e. The highest BCUT2D eigenvalue weighted by atomic mass is 32.2. The fourth-order valence-corrected chi connectivity index (χ4v) is 3.27. The van der Waals surface area contributed by atoms with Crippen molar-refractivity contribution in [2.45, 2.75) is 11.0 Å². The molecule has 0 amide bonds. The van der Waals surface area contributed by atoms with E-state index < -0.39 is 5.97 Å². The number of ether oxygens (including phenoxy) is 2. The van der Waals surface area contributed by atoms with Crippen LogP contribution in [0.3, 0.4) is 0 Å². The summed E-state index contributed by atoms with van der Waals surface area (Å²) in [5, 5.41) is 9.52. The molecule has 0 unspecified atom stereocenters. The summed E-state index contributed by atoms with van der Waals surface area (Å²) in [5.74, 6) is -0.567. The van der Waals surface area contributed by atoms with E-state index in [4.69, 9.17) is 9.47 Å². The van der Waals surface area contributed by atoms with Crippen molar-refractivity contribution in [3.8, 4) is 11.3 Å². The number of hydrogen-bond acceptors (Lipinski definition) is 6. The summed E-state index contributed by atoms with van der Waals surface area (Å²) in [6.07, 6.45) is 1.93. The minimum atomic E-state index is -0.996. The molecule has 26 heavy (non-hydrogen) atoms. The smallest absolute Gasteiger partial charge is 0.339 e. The van der Waals surface area contributed by atoms with Crippen molar-refractivity contribution in [3.05, 3.63) is 42.0 Å². The Balaban J connectivity index is 1.88. The van der Waals surface area contributed by atoms with E-state index in [1.54, 1.807) is 23.9 Å². The lowest BCUT2D eigenvalue weighted by molar-refractivity contribution is -0.0837. The molecule has 1 N–H and O–H groups in total. The first-order valence-corrected chi connectivity index (χ1v) is 9.60. The lowest BCUT2D eigenvalue weighted by Gasteiger charge is -2.28. The molecule has 6 nitrogen and oxygen atoms in total. The van der Waals surface area contributed by atoms with Crippen molar-refractivity contribution in [3.63, 3.8) is 0 Å². The Morgan fingerprint density at radius 3 is 2.65 bits per heavy atom. The number of carboxylic acid groups (broad SMARTS) is 1. The Hall–Kier alpha value is -2.09. The summed E-state index contributed by atoms with van der Waals surface area (Å²) in [6.45, 7) is 2.17. The van der Waals surface area contributed by atoms with Gasteiger partial charge in [0.25, 0.3) is 0 Å². The van der Waals surface area contributed by atoms with Gasteiger partial charge in [0, 0.05) is 24.1 Å². The van der Waals surface area contributed by atoms with Crippen LogP contribution in [-0.4, -0.2) is 61.8 Å². The van der Waals surface area contributed by atoms with E-state index in [1.807, 2.05) is 42.5 Å². The normalized spacial score (nSPS) is 17.1. The highest BCUT2D eigenvalue weighted by Crippen LogP contribution is 2.26. The Bertz CT molecular complexity index is 761. The van der Waals surface area contributed by atoms with Gasteiger partial charge in [-0.1, -0.05) is 12.1 Å². The van der Waals surface area contributed by atoms with Gasteiger partial charge in [-0.2, -0.15) is 0 Å². The van der Waals surface area contributed by atoms with Crippen LogP contribution >= 0.6 is 11.8 Å². The van der Waals surface area contributed by atoms with Crippen molar-refractivity contribution in [1.82, 2.24) is 4.98 Å². The Kier molecular flexibility index (Phi) is 6.13. The van der Waals surface area contributed by atoms with Gasteiger partial charge >= 0.3 is 5.97 Å². The lowest BCUT2D eigenvalue weighted by atomic mass is 10.1. The number of thioether (sulfide) groups is 1. The zero-order chi connectivity index (χ0) is 18.5. The average molecular weight is 374 g/mol. The van der Waals surface area contributed by atoms with Crippen LogP contribution < -0.4 is 4.90 Å². The predicted octanol–water partition coefficient (Wildman–Crippen LogP) is 3.02. The number of rotatable bonds is 6. The molecule has 138 valence electrons. The molecular weight excluding hydrogens is 352 g/mol. The quantitative estimate of drug-likeness (QED) is 0.779. The van der Waals surface area contributed by atoms with Gasteiger partial charge in [0.05, 0.1) is 31.6 Å². The Morgan fingerprint density at radius 2 is 2.04 bits per heavy atom. The predicted molar refractivity (Wildman–Crippen MR) is 102 cm³/mol. The molecule has 1 saturated heterocycles. The lowest BCUT2D eigenvalue weighted by Crippen LogP contribution is -2.39. The van der Waals surface area contributed by atoms with Gasteiger partial charge < -0.3 is 19.5 Å². The van der Waals surface area contributed by atoms with E-state index in [2.05, 4.69) is 4.98 Å². The van der Waals surface area contributed by atoms with Crippen molar-refractivity contribution >= 4 is 23.5 Å². The fraction of sp³-hybridized carbons (Fsp3) is 0.368. The number of aromatic nitrogens is 1. The highest BCUT2D eigenvalue weighted by molar-refractivity contribution is 7.98. The Labute approximate surface area is 157 Å². The van der Waals surface area contributed by atoms with Crippen LogP contribution in [0.1, 0.15) is 10.4 Å². The van der Waals surface area contributed by atoms with Gasteiger partial charge in [0.1, 0.15) is 11.4 Å². The highest BCUT2D eigenvalue weighted by Gasteiger charge is 2.21. The molecule has 3 rings (SSSR count). The van der Waals surface area contributed by atoms with Crippen LogP contribution in [0.5, 0.6) is 0 Å². The molecule has 1 aromatic heterocycles. The van der Waals surface area contributed by atoms with Crippen molar-refractivity contribution < 1.29 is 19.4 Å². The maximum Gasteiger partial charge on any atom is 0.339 e. The number of likely N-dealkylation sites (N-methyl/N-ethyl adjacent to an activating group) is 1. The third-order valence-electron chi connectivity index (χ3n) is 4.22. The Morgan fingerprint density at radius 1 is 1.27 bits per heavy atom. The van der Waals surface area contributed by atoms with Gasteiger partial charge in [-0.15, -0.1) is 11.8 Å². The molecule has 0 bridgehead atoms. The van der Waals surface area contributed by atoms with E-state index in [-0.39, 0.29) is 11.7 Å². The zero-order valence-corrected chi connectivity index (χ0v) is 15.7. The second-order valence-electron chi connectivity index (χ2n) is 6.05. The second kappa shape index (κ2) is 8.53. The standard InChI is InChI=1S/C19H22N2O4S/c1-21(11-14-12-24-9-10-25-14)18-16(19(22)23)7-8-17(20-18)13-3-5-15(26-2)6-4-13/h3-8,14H,9-12H2,1-2H3,(H,22,23)/t14-/m0/s1.